The maximum atomic E-state index is 12.7. The topological polar surface area (TPSA) is 40.5 Å². The van der Waals surface area contributed by atoms with Crippen LogP contribution in [0.4, 0.5) is 8.78 Å². The summed E-state index contributed by atoms with van der Waals surface area (Å²) >= 11 is 0. The Hall–Kier alpha value is -0.710. The van der Waals surface area contributed by atoms with Gasteiger partial charge in [0.05, 0.1) is 6.54 Å². The Balaban J connectivity index is 2.60. The molecule has 0 bridgehead atoms. The van der Waals surface area contributed by atoms with E-state index in [1.54, 1.807) is 0 Å². The summed E-state index contributed by atoms with van der Waals surface area (Å²) in [6, 6.07) is -0.746. The Kier molecular flexibility index (Phi) is 2.32. The lowest BCUT2D eigenvalue weighted by atomic mass is 10.0. The van der Waals surface area contributed by atoms with Crippen LogP contribution in [0.2, 0.25) is 0 Å². The van der Waals surface area contributed by atoms with E-state index in [0.29, 0.717) is 0 Å². The lowest BCUT2D eigenvalue weighted by molar-refractivity contribution is -0.150. The number of likely N-dealkylation sites (tertiary alicyclic amines) is 1. The number of piperidine rings is 1. The first-order valence-electron chi connectivity index (χ1n) is 3.73. The standard InChI is InChI=1S/C7H11F2NO2/c1-10-4-7(8,9)3-2-5(10)6(11)12/h5H,2-4H2,1H3,(H,11,12)/t5-/m1/s1. The number of hydrogen-bond acceptors (Lipinski definition) is 2. The van der Waals surface area contributed by atoms with Crippen LogP contribution in [0.1, 0.15) is 12.8 Å². The number of aliphatic carboxylic acids is 1. The molecule has 3 nitrogen and oxygen atoms in total. The second kappa shape index (κ2) is 2.97. The molecule has 0 aromatic carbocycles. The number of hydrogen-bond donors (Lipinski definition) is 1. The molecule has 1 aliphatic rings. The summed E-state index contributed by atoms with van der Waals surface area (Å²) in [6.45, 7) is -0.454. The van der Waals surface area contributed by atoms with E-state index in [1.165, 1.54) is 11.9 Å². The highest BCUT2D eigenvalue weighted by Gasteiger charge is 2.40. The summed E-state index contributed by atoms with van der Waals surface area (Å²) in [5, 5.41) is 8.59. The number of alkyl halides is 2. The Bertz CT molecular complexity index is 196. The van der Waals surface area contributed by atoms with Crippen LogP contribution in [-0.4, -0.2) is 41.5 Å². The van der Waals surface area contributed by atoms with Gasteiger partial charge < -0.3 is 5.11 Å². The number of likely N-dealkylation sites (N-methyl/N-ethyl adjacent to an activating group) is 1. The van der Waals surface area contributed by atoms with Gasteiger partial charge in [0.2, 0.25) is 0 Å². The van der Waals surface area contributed by atoms with E-state index in [0.717, 1.165) is 0 Å². The van der Waals surface area contributed by atoms with Gasteiger partial charge in [0.25, 0.3) is 5.92 Å². The summed E-state index contributed by atoms with van der Waals surface area (Å²) in [7, 11) is 1.41. The van der Waals surface area contributed by atoms with E-state index >= 15 is 0 Å². The van der Waals surface area contributed by atoms with Gasteiger partial charge in [-0.2, -0.15) is 0 Å². The van der Waals surface area contributed by atoms with Crippen LogP contribution in [0, 0.1) is 0 Å². The third kappa shape index (κ3) is 1.91. The molecule has 1 saturated heterocycles. The molecule has 1 aliphatic heterocycles. The van der Waals surface area contributed by atoms with Gasteiger partial charge in [-0.25, -0.2) is 8.78 Å². The minimum Gasteiger partial charge on any atom is -0.480 e. The van der Waals surface area contributed by atoms with Crippen LogP contribution >= 0.6 is 0 Å². The SMILES string of the molecule is CN1CC(F)(F)CC[C@@H]1C(=O)O. The maximum Gasteiger partial charge on any atom is 0.320 e. The zero-order chi connectivity index (χ0) is 9.35. The predicted molar refractivity (Wildman–Crippen MR) is 38.2 cm³/mol. The molecule has 5 heteroatoms. The molecular weight excluding hydrogens is 168 g/mol. The zero-order valence-corrected chi connectivity index (χ0v) is 6.76. The van der Waals surface area contributed by atoms with Crippen molar-refractivity contribution in [1.82, 2.24) is 4.90 Å². The van der Waals surface area contributed by atoms with E-state index in [4.69, 9.17) is 5.11 Å². The summed E-state index contributed by atoms with van der Waals surface area (Å²) in [4.78, 5) is 11.7. The molecule has 1 fully saturated rings. The van der Waals surface area contributed by atoms with Crippen molar-refractivity contribution in [1.29, 1.82) is 0 Å². The summed E-state index contributed by atoms with van der Waals surface area (Å²) < 4.78 is 25.3. The molecule has 1 heterocycles. The van der Waals surface area contributed by atoms with E-state index in [9.17, 15) is 13.6 Å². The van der Waals surface area contributed by atoms with Gasteiger partial charge >= 0.3 is 5.97 Å². The van der Waals surface area contributed by atoms with Crippen molar-refractivity contribution in [3.05, 3.63) is 0 Å². The Labute approximate surface area is 69.0 Å². The first-order chi connectivity index (χ1) is 5.42. The van der Waals surface area contributed by atoms with Crippen LogP contribution < -0.4 is 0 Å². The highest BCUT2D eigenvalue weighted by Crippen LogP contribution is 2.28. The molecule has 12 heavy (non-hydrogen) atoms. The molecule has 1 rings (SSSR count). The van der Waals surface area contributed by atoms with Gasteiger partial charge in [-0.15, -0.1) is 0 Å². The molecule has 0 spiro atoms. The van der Waals surface area contributed by atoms with Crippen LogP contribution in [0.3, 0.4) is 0 Å². The Morgan fingerprint density at radius 1 is 1.67 bits per heavy atom. The van der Waals surface area contributed by atoms with Crippen molar-refractivity contribution < 1.29 is 18.7 Å². The number of carbonyl (C=O) groups is 1. The van der Waals surface area contributed by atoms with Crippen molar-refractivity contribution in [3.8, 4) is 0 Å². The van der Waals surface area contributed by atoms with Gasteiger partial charge in [0.15, 0.2) is 0 Å². The highest BCUT2D eigenvalue weighted by atomic mass is 19.3. The minimum atomic E-state index is -2.72. The monoisotopic (exact) mass is 179 g/mol. The highest BCUT2D eigenvalue weighted by molar-refractivity contribution is 5.73. The van der Waals surface area contributed by atoms with Crippen LogP contribution in [0.15, 0.2) is 0 Å². The van der Waals surface area contributed by atoms with Gasteiger partial charge in [0, 0.05) is 6.42 Å². The van der Waals surface area contributed by atoms with Crippen LogP contribution in [-0.2, 0) is 4.79 Å². The molecule has 0 aromatic heterocycles. The molecule has 1 N–H and O–H groups in total. The van der Waals surface area contributed by atoms with Gasteiger partial charge in [-0.3, -0.25) is 9.69 Å². The second-order valence-corrected chi connectivity index (χ2v) is 3.16. The smallest absolute Gasteiger partial charge is 0.320 e. The third-order valence-electron chi connectivity index (χ3n) is 2.08. The third-order valence-corrected chi connectivity index (χ3v) is 2.08. The van der Waals surface area contributed by atoms with Crippen LogP contribution in [0.5, 0.6) is 0 Å². The molecule has 0 aromatic rings. The minimum absolute atomic E-state index is 0.0266. The summed E-state index contributed by atoms with van der Waals surface area (Å²) in [5.74, 6) is -3.74. The van der Waals surface area contributed by atoms with Crippen molar-refractivity contribution in [3.63, 3.8) is 0 Å². The average molecular weight is 179 g/mol. The lowest BCUT2D eigenvalue weighted by Crippen LogP contribution is -2.49. The summed E-state index contributed by atoms with van der Waals surface area (Å²) in [5.41, 5.74) is 0. The maximum absolute atomic E-state index is 12.7. The molecule has 1 atom stereocenters. The Morgan fingerprint density at radius 3 is 2.67 bits per heavy atom. The summed E-state index contributed by atoms with van der Waals surface area (Å²) in [6.07, 6.45) is -0.298. The molecular formula is C7H11F2NO2. The first-order valence-corrected chi connectivity index (χ1v) is 3.73. The number of carboxylic acids is 1. The van der Waals surface area contributed by atoms with Crippen LogP contribution in [0.25, 0.3) is 0 Å². The van der Waals surface area contributed by atoms with Crippen molar-refractivity contribution in [2.24, 2.45) is 0 Å². The van der Waals surface area contributed by atoms with E-state index in [1.807, 2.05) is 0 Å². The number of carboxylic acid groups (broad SMARTS) is 1. The molecule has 0 radical (unpaired) electrons. The van der Waals surface area contributed by atoms with Crippen molar-refractivity contribution in [2.45, 2.75) is 24.8 Å². The molecule has 0 amide bonds. The predicted octanol–water partition coefficient (Wildman–Crippen LogP) is 0.800. The first kappa shape index (κ1) is 9.38. The van der Waals surface area contributed by atoms with Crippen molar-refractivity contribution >= 4 is 5.97 Å². The number of rotatable bonds is 1. The molecule has 0 aliphatic carbocycles. The quantitative estimate of drug-likeness (QED) is 0.647. The number of halogens is 2. The molecule has 0 saturated carbocycles. The van der Waals surface area contributed by atoms with E-state index < -0.39 is 24.5 Å². The van der Waals surface area contributed by atoms with Gasteiger partial charge in [0.1, 0.15) is 6.04 Å². The normalized spacial score (nSPS) is 30.1. The zero-order valence-electron chi connectivity index (χ0n) is 6.76. The number of nitrogens with zero attached hydrogens (tertiary/aromatic N) is 1. The van der Waals surface area contributed by atoms with Crippen molar-refractivity contribution in [2.75, 3.05) is 13.6 Å². The van der Waals surface area contributed by atoms with Gasteiger partial charge in [-0.1, -0.05) is 0 Å². The fourth-order valence-electron chi connectivity index (χ4n) is 1.43. The van der Waals surface area contributed by atoms with E-state index in [2.05, 4.69) is 0 Å². The van der Waals surface area contributed by atoms with E-state index in [-0.39, 0.29) is 12.8 Å². The fourth-order valence-corrected chi connectivity index (χ4v) is 1.43. The Morgan fingerprint density at radius 2 is 2.25 bits per heavy atom. The lowest BCUT2D eigenvalue weighted by Gasteiger charge is -2.34. The molecule has 0 unspecified atom stereocenters. The molecule has 70 valence electrons. The largest absolute Gasteiger partial charge is 0.480 e. The second-order valence-electron chi connectivity index (χ2n) is 3.16. The average Bonchev–Trinajstić information content (AvgIpc) is 1.83. The van der Waals surface area contributed by atoms with Gasteiger partial charge in [-0.05, 0) is 13.5 Å². The fraction of sp³-hybridized carbons (Fsp3) is 0.857.